The molecule has 2 atom stereocenters. The van der Waals surface area contributed by atoms with Crippen molar-refractivity contribution in [2.75, 3.05) is 19.7 Å². The third-order valence-electron chi connectivity index (χ3n) is 5.60. The van der Waals surface area contributed by atoms with E-state index in [1.807, 2.05) is 48.5 Å². The Balaban J connectivity index is 1.85. The lowest BCUT2D eigenvalue weighted by molar-refractivity contribution is -0.152. The van der Waals surface area contributed by atoms with Crippen LogP contribution in [0.5, 0.6) is 0 Å². The zero-order valence-electron chi connectivity index (χ0n) is 15.2. The Morgan fingerprint density at radius 1 is 1.11 bits per heavy atom. The average Bonchev–Trinajstić information content (AvgIpc) is 2.70. The zero-order valence-corrected chi connectivity index (χ0v) is 15.2. The normalized spacial score (nSPS) is 23.7. The highest BCUT2D eigenvalue weighted by Crippen LogP contribution is 2.48. The first-order valence-corrected chi connectivity index (χ1v) is 9.20. The van der Waals surface area contributed by atoms with Gasteiger partial charge in [-0.2, -0.15) is 0 Å². The van der Waals surface area contributed by atoms with E-state index in [1.54, 1.807) is 13.0 Å². The van der Waals surface area contributed by atoms with E-state index in [0.717, 1.165) is 11.1 Å². The first kappa shape index (κ1) is 17.5. The summed E-state index contributed by atoms with van der Waals surface area (Å²) in [5, 5.41) is 0. The van der Waals surface area contributed by atoms with Crippen molar-refractivity contribution in [3.8, 4) is 0 Å². The van der Waals surface area contributed by atoms with E-state index in [2.05, 4.69) is 0 Å². The van der Waals surface area contributed by atoms with Crippen LogP contribution in [0.15, 0.2) is 54.6 Å². The fourth-order valence-electron chi connectivity index (χ4n) is 4.45. The summed E-state index contributed by atoms with van der Waals surface area (Å²) < 4.78 is 5.03. The second-order valence-corrected chi connectivity index (χ2v) is 7.11. The van der Waals surface area contributed by atoms with Gasteiger partial charge in [-0.1, -0.05) is 54.6 Å². The Morgan fingerprint density at radius 2 is 1.81 bits per heavy atom. The van der Waals surface area contributed by atoms with Crippen molar-refractivity contribution in [1.82, 2.24) is 4.90 Å². The van der Waals surface area contributed by atoms with Crippen LogP contribution in [0, 0.1) is 5.92 Å². The van der Waals surface area contributed by atoms with Crippen molar-refractivity contribution >= 4 is 17.7 Å². The number of nitrogens with zero attached hydrogens (tertiary/aromatic N) is 1. The first-order chi connectivity index (χ1) is 13.1. The molecule has 1 saturated heterocycles. The van der Waals surface area contributed by atoms with Crippen molar-refractivity contribution < 1.29 is 19.1 Å². The number of piperidine rings is 1. The molecule has 1 aliphatic heterocycles. The maximum Gasteiger partial charge on any atom is 0.325 e. The quantitative estimate of drug-likeness (QED) is 0.619. The Morgan fingerprint density at radius 3 is 2.56 bits per heavy atom. The molecule has 2 unspecified atom stereocenters. The predicted molar refractivity (Wildman–Crippen MR) is 99.3 cm³/mol. The molecule has 2 aromatic carbocycles. The number of amides is 1. The van der Waals surface area contributed by atoms with E-state index in [-0.39, 0.29) is 24.8 Å². The van der Waals surface area contributed by atoms with Crippen LogP contribution in [0.4, 0.5) is 0 Å². The summed E-state index contributed by atoms with van der Waals surface area (Å²) in [6.07, 6.45) is 0.436. The summed E-state index contributed by atoms with van der Waals surface area (Å²) in [7, 11) is 0. The lowest BCUT2D eigenvalue weighted by Crippen LogP contribution is -2.59. The molecule has 0 radical (unpaired) electrons. The largest absolute Gasteiger partial charge is 0.465 e. The zero-order chi connectivity index (χ0) is 19.0. The molecular weight excluding hydrogens is 342 g/mol. The van der Waals surface area contributed by atoms with Gasteiger partial charge in [0.05, 0.1) is 6.61 Å². The Bertz CT molecular complexity index is 908. The Labute approximate surface area is 157 Å². The lowest BCUT2D eigenvalue weighted by atomic mass is 9.60. The summed E-state index contributed by atoms with van der Waals surface area (Å²) in [6, 6.07) is 17.4. The second kappa shape index (κ2) is 6.65. The summed E-state index contributed by atoms with van der Waals surface area (Å²) >= 11 is 0. The molecule has 2 aliphatic rings. The van der Waals surface area contributed by atoms with Gasteiger partial charge < -0.3 is 9.64 Å². The number of hydrogen-bond acceptors (Lipinski definition) is 4. The van der Waals surface area contributed by atoms with Gasteiger partial charge in [-0.15, -0.1) is 0 Å². The van der Waals surface area contributed by atoms with Crippen molar-refractivity contribution in [3.05, 3.63) is 71.3 Å². The molecule has 2 bridgehead atoms. The van der Waals surface area contributed by atoms with Crippen molar-refractivity contribution in [1.29, 1.82) is 0 Å². The van der Waals surface area contributed by atoms with E-state index in [4.69, 9.17) is 4.74 Å². The molecule has 2 aromatic rings. The molecule has 4 rings (SSSR count). The van der Waals surface area contributed by atoms with Gasteiger partial charge in [-0.3, -0.25) is 14.4 Å². The summed E-state index contributed by atoms with van der Waals surface area (Å²) in [6.45, 7) is 2.22. The van der Waals surface area contributed by atoms with Gasteiger partial charge in [0.2, 0.25) is 5.91 Å². The highest BCUT2D eigenvalue weighted by molar-refractivity contribution is 6.13. The number of carbonyl (C=O) groups is 3. The first-order valence-electron chi connectivity index (χ1n) is 9.20. The van der Waals surface area contributed by atoms with Crippen LogP contribution in [0.2, 0.25) is 0 Å². The average molecular weight is 363 g/mol. The Kier molecular flexibility index (Phi) is 4.30. The molecule has 27 heavy (non-hydrogen) atoms. The van der Waals surface area contributed by atoms with Crippen LogP contribution < -0.4 is 0 Å². The van der Waals surface area contributed by atoms with Gasteiger partial charge >= 0.3 is 5.97 Å². The summed E-state index contributed by atoms with van der Waals surface area (Å²) in [4.78, 5) is 39.5. The van der Waals surface area contributed by atoms with E-state index >= 15 is 0 Å². The maximum absolute atomic E-state index is 13.0. The van der Waals surface area contributed by atoms with Crippen LogP contribution >= 0.6 is 0 Å². The van der Waals surface area contributed by atoms with Crippen LogP contribution in [0.1, 0.15) is 34.8 Å². The number of hydrogen-bond donors (Lipinski definition) is 0. The van der Waals surface area contributed by atoms with Crippen LogP contribution in [0.3, 0.4) is 0 Å². The topological polar surface area (TPSA) is 63.7 Å². The molecular formula is C22H21NO4. The second-order valence-electron chi connectivity index (χ2n) is 7.11. The van der Waals surface area contributed by atoms with Gasteiger partial charge in [0.15, 0.2) is 5.78 Å². The number of rotatable bonds is 4. The number of carbonyl (C=O) groups excluding carboxylic acids is 3. The minimum atomic E-state index is -0.761. The summed E-state index contributed by atoms with van der Waals surface area (Å²) in [5.41, 5.74) is 2.09. The molecule has 1 amide bonds. The Hall–Kier alpha value is -2.95. The van der Waals surface area contributed by atoms with Gasteiger partial charge in [0.1, 0.15) is 12.5 Å². The van der Waals surface area contributed by atoms with Crippen LogP contribution in [-0.4, -0.2) is 42.3 Å². The molecule has 0 N–H and O–H groups in total. The third-order valence-corrected chi connectivity index (χ3v) is 5.60. The van der Waals surface area contributed by atoms with E-state index in [9.17, 15) is 14.4 Å². The minimum Gasteiger partial charge on any atom is -0.465 e. The van der Waals surface area contributed by atoms with Gasteiger partial charge in [-0.25, -0.2) is 0 Å². The molecule has 1 heterocycles. The van der Waals surface area contributed by atoms with Crippen molar-refractivity contribution in [3.63, 3.8) is 0 Å². The fourth-order valence-corrected chi connectivity index (χ4v) is 4.45. The SMILES string of the molecule is CCOC(=O)CN1CC2(c3ccccc3)CC(C(=O)c3ccccc32)C1=O. The summed E-state index contributed by atoms with van der Waals surface area (Å²) in [5.74, 6) is -1.65. The monoisotopic (exact) mass is 363 g/mol. The van der Waals surface area contributed by atoms with Crippen molar-refractivity contribution in [2.24, 2.45) is 5.92 Å². The molecule has 5 nitrogen and oxygen atoms in total. The highest BCUT2D eigenvalue weighted by atomic mass is 16.5. The number of esters is 1. The van der Waals surface area contributed by atoms with Crippen molar-refractivity contribution in [2.45, 2.75) is 18.8 Å². The number of ether oxygens (including phenoxy) is 1. The number of ketones is 1. The molecule has 0 saturated carbocycles. The fraction of sp³-hybridized carbons (Fsp3) is 0.318. The van der Waals surface area contributed by atoms with Gasteiger partial charge in [0, 0.05) is 17.5 Å². The molecule has 0 spiro atoms. The van der Waals surface area contributed by atoms with E-state index < -0.39 is 17.3 Å². The predicted octanol–water partition coefficient (Wildman–Crippen LogP) is 2.58. The number of Topliss-reactive ketones (excluding diaryl/α,β-unsaturated/α-hetero) is 1. The third kappa shape index (κ3) is 2.74. The minimum absolute atomic E-state index is 0.132. The molecule has 0 aromatic heterocycles. The molecule has 138 valence electrons. The van der Waals surface area contributed by atoms with Crippen LogP contribution in [-0.2, 0) is 19.7 Å². The van der Waals surface area contributed by atoms with Gasteiger partial charge in [0.25, 0.3) is 0 Å². The molecule has 5 heteroatoms. The molecule has 1 aliphatic carbocycles. The number of likely N-dealkylation sites (tertiary alicyclic amines) is 1. The van der Waals surface area contributed by atoms with E-state index in [0.29, 0.717) is 18.5 Å². The highest BCUT2D eigenvalue weighted by Gasteiger charge is 2.53. The lowest BCUT2D eigenvalue weighted by Gasteiger charge is -2.49. The smallest absolute Gasteiger partial charge is 0.325 e. The standard InChI is InChI=1S/C22H21NO4/c1-2-27-19(24)13-23-14-22(15-8-4-3-5-9-15)12-17(21(23)26)20(25)16-10-6-7-11-18(16)22/h3-11,17H,2,12-14H2,1H3. The number of benzene rings is 2. The number of fused-ring (bicyclic) bond motifs is 4. The van der Waals surface area contributed by atoms with Crippen LogP contribution in [0.25, 0.3) is 0 Å². The molecule has 1 fully saturated rings. The van der Waals surface area contributed by atoms with Gasteiger partial charge in [-0.05, 0) is 24.5 Å². The maximum atomic E-state index is 13.0. The van der Waals surface area contributed by atoms with E-state index in [1.165, 1.54) is 4.90 Å².